The largest absolute Gasteiger partial charge is 0.493 e. The van der Waals surface area contributed by atoms with Gasteiger partial charge in [-0.05, 0) is 66.5 Å². The molecule has 3 rings (SSSR count). The highest BCUT2D eigenvalue weighted by atomic mass is 16.5. The molecule has 9 heteroatoms. The standard InChI is InChI=1S/C30H41N3O6/c1-18(2)13-15-32-27(36)8-7-14-31-24-12-10-21-22(17-25(24)35)23(33-19(3)34)11-9-20-16-26(37-4)29(38-5)30(39-6)28(20)21/h10,12,16-18,23H,7-9,11,13-15H2,1-6H3,(H,31,35)(H,32,36)(H,33,34)/t23-/m0/s1. The lowest BCUT2D eigenvalue weighted by molar-refractivity contribution is -0.121. The zero-order valence-electron chi connectivity index (χ0n) is 23.9. The minimum Gasteiger partial charge on any atom is -0.493 e. The smallest absolute Gasteiger partial charge is 0.220 e. The maximum absolute atomic E-state index is 13.3. The Morgan fingerprint density at radius 2 is 1.77 bits per heavy atom. The molecule has 0 saturated heterocycles. The third kappa shape index (κ3) is 7.43. The molecule has 1 aliphatic rings. The van der Waals surface area contributed by atoms with E-state index in [1.807, 2.05) is 12.1 Å². The fourth-order valence-electron chi connectivity index (χ4n) is 4.91. The van der Waals surface area contributed by atoms with Crippen LogP contribution < -0.4 is 35.6 Å². The maximum Gasteiger partial charge on any atom is 0.220 e. The summed E-state index contributed by atoms with van der Waals surface area (Å²) in [6.45, 7) is 6.86. The van der Waals surface area contributed by atoms with Crippen molar-refractivity contribution in [1.82, 2.24) is 10.6 Å². The molecule has 0 saturated carbocycles. The van der Waals surface area contributed by atoms with Crippen molar-refractivity contribution < 1.29 is 23.8 Å². The van der Waals surface area contributed by atoms with E-state index in [-0.39, 0.29) is 23.3 Å². The molecule has 0 spiro atoms. The van der Waals surface area contributed by atoms with E-state index in [1.54, 1.807) is 33.5 Å². The van der Waals surface area contributed by atoms with Crippen LogP contribution in [0.4, 0.5) is 5.69 Å². The van der Waals surface area contributed by atoms with Crippen LogP contribution in [0.3, 0.4) is 0 Å². The Hall–Kier alpha value is -3.75. The molecule has 0 aliphatic heterocycles. The Bertz CT molecular complexity index is 1240. The van der Waals surface area contributed by atoms with E-state index < -0.39 is 0 Å². The van der Waals surface area contributed by atoms with Gasteiger partial charge in [-0.3, -0.25) is 14.4 Å². The van der Waals surface area contributed by atoms with Crippen molar-refractivity contribution in [3.8, 4) is 28.4 Å². The van der Waals surface area contributed by atoms with E-state index in [2.05, 4.69) is 29.8 Å². The number of methoxy groups -OCH3 is 3. The van der Waals surface area contributed by atoms with Crippen LogP contribution in [0.15, 0.2) is 29.1 Å². The summed E-state index contributed by atoms with van der Waals surface area (Å²) in [4.78, 5) is 37.5. The van der Waals surface area contributed by atoms with Crippen LogP contribution in [0.5, 0.6) is 17.2 Å². The Kier molecular flexibility index (Phi) is 10.6. The van der Waals surface area contributed by atoms with Crippen LogP contribution in [-0.2, 0) is 16.0 Å². The number of anilines is 1. The van der Waals surface area contributed by atoms with Crippen LogP contribution in [-0.4, -0.2) is 46.2 Å². The molecular formula is C30H41N3O6. The van der Waals surface area contributed by atoms with Gasteiger partial charge in [0.1, 0.15) is 0 Å². The summed E-state index contributed by atoms with van der Waals surface area (Å²) in [5.41, 5.74) is 3.47. The Morgan fingerprint density at radius 1 is 1.03 bits per heavy atom. The van der Waals surface area contributed by atoms with Gasteiger partial charge in [-0.2, -0.15) is 0 Å². The number of amides is 2. The quantitative estimate of drug-likeness (QED) is 0.346. The first-order valence-electron chi connectivity index (χ1n) is 13.5. The van der Waals surface area contributed by atoms with Gasteiger partial charge < -0.3 is 30.2 Å². The number of benzene rings is 1. The second kappa shape index (κ2) is 13.9. The molecule has 2 aromatic rings. The molecule has 0 radical (unpaired) electrons. The number of carbonyl (C=O) groups excluding carboxylic acids is 2. The van der Waals surface area contributed by atoms with Gasteiger partial charge in [-0.25, -0.2) is 0 Å². The van der Waals surface area contributed by atoms with Crippen molar-refractivity contribution in [1.29, 1.82) is 0 Å². The third-order valence-electron chi connectivity index (χ3n) is 6.86. The fourth-order valence-corrected chi connectivity index (χ4v) is 4.91. The molecule has 1 aliphatic carbocycles. The second-order valence-corrected chi connectivity index (χ2v) is 10.2. The predicted octanol–water partition coefficient (Wildman–Crippen LogP) is 4.22. The summed E-state index contributed by atoms with van der Waals surface area (Å²) in [6.07, 6.45) is 3.14. The highest BCUT2D eigenvalue weighted by Crippen LogP contribution is 2.50. The fraction of sp³-hybridized carbons (Fsp3) is 0.500. The lowest BCUT2D eigenvalue weighted by atomic mass is 9.95. The average Bonchev–Trinajstić information content (AvgIpc) is 3.13. The Morgan fingerprint density at radius 3 is 2.41 bits per heavy atom. The van der Waals surface area contributed by atoms with Crippen LogP contribution in [0.2, 0.25) is 0 Å². The summed E-state index contributed by atoms with van der Waals surface area (Å²) in [6, 6.07) is 6.77. The minimum atomic E-state index is -0.367. The van der Waals surface area contributed by atoms with Crippen LogP contribution in [0, 0.1) is 5.92 Å². The third-order valence-corrected chi connectivity index (χ3v) is 6.86. The van der Waals surface area contributed by atoms with Gasteiger partial charge in [-0.15, -0.1) is 0 Å². The van der Waals surface area contributed by atoms with Crippen molar-refractivity contribution in [3.63, 3.8) is 0 Å². The molecule has 212 valence electrons. The van der Waals surface area contributed by atoms with E-state index in [9.17, 15) is 14.4 Å². The Balaban J connectivity index is 1.96. The second-order valence-electron chi connectivity index (χ2n) is 10.2. The van der Waals surface area contributed by atoms with E-state index in [0.717, 1.165) is 23.1 Å². The molecule has 0 aromatic heterocycles. The molecule has 39 heavy (non-hydrogen) atoms. The monoisotopic (exact) mass is 539 g/mol. The molecule has 2 amide bonds. The molecule has 3 N–H and O–H groups in total. The van der Waals surface area contributed by atoms with E-state index in [4.69, 9.17) is 14.2 Å². The van der Waals surface area contributed by atoms with Crippen LogP contribution >= 0.6 is 0 Å². The zero-order chi connectivity index (χ0) is 28.5. The maximum atomic E-state index is 13.3. The van der Waals surface area contributed by atoms with Crippen molar-refractivity contribution in [3.05, 3.63) is 45.6 Å². The van der Waals surface area contributed by atoms with Crippen LogP contribution in [0.1, 0.15) is 63.6 Å². The van der Waals surface area contributed by atoms with Gasteiger partial charge in [0.15, 0.2) is 11.5 Å². The first-order chi connectivity index (χ1) is 18.7. The first kappa shape index (κ1) is 29.8. The lowest BCUT2D eigenvalue weighted by Crippen LogP contribution is -2.26. The van der Waals surface area contributed by atoms with Gasteiger partial charge in [-0.1, -0.05) is 19.9 Å². The van der Waals surface area contributed by atoms with Gasteiger partial charge in [0.2, 0.25) is 23.0 Å². The number of nitrogens with one attached hydrogen (secondary N) is 3. The van der Waals surface area contributed by atoms with E-state index in [1.165, 1.54) is 6.92 Å². The number of rotatable bonds is 12. The normalized spacial score (nSPS) is 14.0. The molecule has 0 unspecified atom stereocenters. The lowest BCUT2D eigenvalue weighted by Gasteiger charge is -2.19. The molecule has 0 bridgehead atoms. The van der Waals surface area contributed by atoms with Crippen molar-refractivity contribution in [2.24, 2.45) is 5.92 Å². The van der Waals surface area contributed by atoms with Gasteiger partial charge in [0, 0.05) is 32.0 Å². The summed E-state index contributed by atoms with van der Waals surface area (Å²) < 4.78 is 17.0. The molecule has 9 nitrogen and oxygen atoms in total. The van der Waals surface area contributed by atoms with Crippen molar-refractivity contribution in [2.75, 3.05) is 39.7 Å². The summed E-state index contributed by atoms with van der Waals surface area (Å²) in [7, 11) is 4.70. The molecular weight excluding hydrogens is 498 g/mol. The minimum absolute atomic E-state index is 0.0105. The Labute approximate surface area is 230 Å². The number of hydrogen-bond acceptors (Lipinski definition) is 7. The molecule has 2 aromatic carbocycles. The van der Waals surface area contributed by atoms with Crippen molar-refractivity contribution in [2.45, 2.75) is 58.9 Å². The molecule has 0 heterocycles. The predicted molar refractivity (Wildman–Crippen MR) is 153 cm³/mol. The van der Waals surface area contributed by atoms with E-state index >= 15 is 0 Å². The van der Waals surface area contributed by atoms with Crippen LogP contribution in [0.25, 0.3) is 11.1 Å². The molecule has 0 fully saturated rings. The SMILES string of the molecule is COc1cc2c(c(OC)c1OC)-c1ccc(NCCCC(=O)NCCC(C)C)c(=O)cc1[C@@H](NC(C)=O)CC2. The summed E-state index contributed by atoms with van der Waals surface area (Å²) >= 11 is 0. The number of aryl methyl sites for hydroxylation is 1. The number of carbonyl (C=O) groups is 2. The number of hydrogen-bond donors (Lipinski definition) is 3. The van der Waals surface area contributed by atoms with Gasteiger partial charge in [0.05, 0.1) is 33.1 Å². The van der Waals surface area contributed by atoms with Gasteiger partial charge in [0.25, 0.3) is 0 Å². The van der Waals surface area contributed by atoms with E-state index in [0.29, 0.717) is 73.2 Å². The van der Waals surface area contributed by atoms with Crippen molar-refractivity contribution >= 4 is 17.5 Å². The highest BCUT2D eigenvalue weighted by molar-refractivity contribution is 5.83. The summed E-state index contributed by atoms with van der Waals surface area (Å²) in [5.74, 6) is 1.89. The average molecular weight is 540 g/mol. The number of ether oxygens (including phenoxy) is 3. The first-order valence-corrected chi connectivity index (χ1v) is 13.5. The number of fused-ring (bicyclic) bond motifs is 3. The molecule has 1 atom stereocenters. The zero-order valence-corrected chi connectivity index (χ0v) is 23.9. The van der Waals surface area contributed by atoms with Gasteiger partial charge >= 0.3 is 0 Å². The highest BCUT2D eigenvalue weighted by Gasteiger charge is 2.29. The summed E-state index contributed by atoms with van der Waals surface area (Å²) in [5, 5.41) is 9.14. The topological polar surface area (TPSA) is 115 Å².